The van der Waals surface area contributed by atoms with Crippen LogP contribution in [0.3, 0.4) is 0 Å². The third-order valence-electron chi connectivity index (χ3n) is 4.63. The fourth-order valence-electron chi connectivity index (χ4n) is 3.33. The van der Waals surface area contributed by atoms with Crippen LogP contribution in [0.5, 0.6) is 0 Å². The minimum Gasteiger partial charge on any atom is -0.444 e. The minimum atomic E-state index is -0.564. The third-order valence-corrected chi connectivity index (χ3v) is 5.01. The molecule has 4 rings (SSSR count). The Morgan fingerprint density at radius 1 is 1.19 bits per heavy atom. The van der Waals surface area contributed by atoms with Crippen molar-refractivity contribution in [3.63, 3.8) is 0 Å². The maximum absolute atomic E-state index is 13.9. The van der Waals surface area contributed by atoms with Crippen LogP contribution in [0, 0.1) is 12.7 Å². The van der Waals surface area contributed by atoms with E-state index in [2.05, 4.69) is 15.5 Å². The van der Waals surface area contributed by atoms with Crippen molar-refractivity contribution in [1.29, 1.82) is 0 Å². The van der Waals surface area contributed by atoms with Crippen molar-refractivity contribution in [3.05, 3.63) is 64.8 Å². The van der Waals surface area contributed by atoms with Crippen LogP contribution in [0.2, 0.25) is 5.02 Å². The van der Waals surface area contributed by atoms with Gasteiger partial charge in [0.05, 0.1) is 10.5 Å². The molecule has 0 fully saturated rings. The predicted octanol–water partition coefficient (Wildman–Crippen LogP) is 5.81. The summed E-state index contributed by atoms with van der Waals surface area (Å²) < 4.78 is 26.6. The summed E-state index contributed by atoms with van der Waals surface area (Å²) in [7, 11) is 0. The Morgan fingerprint density at radius 3 is 2.53 bits per heavy atom. The Balaban J connectivity index is 1.70. The summed E-state index contributed by atoms with van der Waals surface area (Å²) >= 11 is 6.62. The number of benzene rings is 2. The molecule has 0 unspecified atom stereocenters. The molecule has 0 atom stereocenters. The lowest BCUT2D eigenvalue weighted by molar-refractivity contribution is 0.0523. The van der Waals surface area contributed by atoms with E-state index in [1.54, 1.807) is 13.0 Å². The molecule has 166 valence electrons. The Labute approximate surface area is 189 Å². The Hall–Kier alpha value is -3.39. The van der Waals surface area contributed by atoms with Crippen molar-refractivity contribution >= 4 is 28.6 Å². The quantitative estimate of drug-likeness (QED) is 0.419. The highest BCUT2D eigenvalue weighted by atomic mass is 35.5. The van der Waals surface area contributed by atoms with Crippen molar-refractivity contribution in [2.45, 2.75) is 39.8 Å². The summed E-state index contributed by atoms with van der Waals surface area (Å²) in [5.74, 6) is 0.232. The molecule has 0 saturated heterocycles. The van der Waals surface area contributed by atoms with Gasteiger partial charge >= 0.3 is 6.09 Å². The average Bonchev–Trinajstić information content (AvgIpc) is 3.26. The summed E-state index contributed by atoms with van der Waals surface area (Å²) in [5, 5.41) is 11.6. The van der Waals surface area contributed by atoms with Gasteiger partial charge in [0, 0.05) is 24.5 Å². The molecule has 0 aliphatic heterocycles. The maximum atomic E-state index is 13.9. The van der Waals surface area contributed by atoms with Crippen molar-refractivity contribution in [3.8, 4) is 17.3 Å². The summed E-state index contributed by atoms with van der Waals surface area (Å²) in [6, 6.07) is 11.9. The summed E-state index contributed by atoms with van der Waals surface area (Å²) in [6.07, 6.45) is -0.485. The fraction of sp³-hybridized carbons (Fsp3) is 0.261. The molecule has 0 aliphatic rings. The normalized spacial score (nSPS) is 11.7. The lowest BCUT2D eigenvalue weighted by atomic mass is 10.2. The van der Waals surface area contributed by atoms with Crippen LogP contribution >= 0.6 is 11.6 Å². The molecule has 0 radical (unpaired) electrons. The fourth-order valence-corrected chi connectivity index (χ4v) is 3.64. The zero-order valence-corrected chi connectivity index (χ0v) is 18.8. The van der Waals surface area contributed by atoms with Gasteiger partial charge in [-0.15, -0.1) is 10.2 Å². The topological polar surface area (TPSA) is 82.2 Å². The molecule has 2 aromatic heterocycles. The predicted molar refractivity (Wildman–Crippen MR) is 119 cm³/mol. The Kier molecular flexibility index (Phi) is 5.64. The number of aryl methyl sites for hydroxylation is 1. The number of halogens is 2. The molecule has 0 saturated carbocycles. The number of carbonyl (C=O) groups is 1. The first-order valence-corrected chi connectivity index (χ1v) is 10.4. The number of rotatable bonds is 4. The first kappa shape index (κ1) is 21.8. The van der Waals surface area contributed by atoms with E-state index >= 15 is 0 Å². The van der Waals surface area contributed by atoms with Gasteiger partial charge in [-0.05, 0) is 56.7 Å². The second kappa shape index (κ2) is 8.27. The van der Waals surface area contributed by atoms with E-state index in [4.69, 9.17) is 20.8 Å². The average molecular weight is 457 g/mol. The first-order valence-electron chi connectivity index (χ1n) is 9.98. The summed E-state index contributed by atoms with van der Waals surface area (Å²) in [6.45, 7) is 7.42. The highest BCUT2D eigenvalue weighted by molar-refractivity contribution is 6.38. The largest absolute Gasteiger partial charge is 0.444 e. The number of hydrogen-bond acceptors (Lipinski definition) is 5. The van der Waals surface area contributed by atoms with Gasteiger partial charge in [0.25, 0.3) is 5.89 Å². The van der Waals surface area contributed by atoms with E-state index in [-0.39, 0.29) is 5.89 Å². The van der Waals surface area contributed by atoms with Crippen molar-refractivity contribution in [2.75, 3.05) is 0 Å². The number of hydrogen-bond donors (Lipinski definition) is 1. The molecule has 32 heavy (non-hydrogen) atoms. The van der Waals surface area contributed by atoms with Crippen LogP contribution in [0.15, 0.2) is 46.9 Å². The van der Waals surface area contributed by atoms with Gasteiger partial charge < -0.3 is 19.0 Å². The van der Waals surface area contributed by atoms with Gasteiger partial charge in [0.1, 0.15) is 17.1 Å². The highest BCUT2D eigenvalue weighted by Gasteiger charge is 2.23. The second-order valence-electron chi connectivity index (χ2n) is 8.31. The van der Waals surface area contributed by atoms with Crippen LogP contribution in [0.25, 0.3) is 28.2 Å². The minimum absolute atomic E-state index is 0.236. The monoisotopic (exact) mass is 456 g/mol. The Morgan fingerprint density at radius 2 is 1.91 bits per heavy atom. The molecule has 7 nitrogen and oxygen atoms in total. The number of carbonyl (C=O) groups excluding carboxylic acids is 1. The van der Waals surface area contributed by atoms with E-state index in [0.717, 1.165) is 11.3 Å². The molecule has 0 bridgehead atoms. The molecule has 2 aromatic carbocycles. The smallest absolute Gasteiger partial charge is 0.407 e. The van der Waals surface area contributed by atoms with Gasteiger partial charge in [0.15, 0.2) is 0 Å². The zero-order valence-electron chi connectivity index (χ0n) is 18.1. The van der Waals surface area contributed by atoms with E-state index in [1.807, 2.05) is 49.6 Å². The van der Waals surface area contributed by atoms with Crippen LogP contribution in [-0.4, -0.2) is 26.5 Å². The van der Waals surface area contributed by atoms with E-state index in [1.165, 1.54) is 12.1 Å². The van der Waals surface area contributed by atoms with Crippen molar-refractivity contribution in [1.82, 2.24) is 20.1 Å². The number of aromatic nitrogens is 3. The van der Waals surface area contributed by atoms with Gasteiger partial charge in [-0.1, -0.05) is 23.7 Å². The molecular weight excluding hydrogens is 435 g/mol. The molecule has 1 N–H and O–H groups in total. The standard InChI is InChI=1S/C23H22ClFN4O3/c1-13-27-28-21(31-13)20-19(24)17-11-15(25)7-10-18(17)29(20)16-8-5-14(6-9-16)12-26-22(30)32-23(2,3)4/h5-11H,12H2,1-4H3,(H,26,30). The molecule has 2 heterocycles. The van der Waals surface area contributed by atoms with E-state index < -0.39 is 17.5 Å². The number of nitrogens with one attached hydrogen (secondary N) is 1. The molecular formula is C23H22ClFN4O3. The number of ether oxygens (including phenoxy) is 1. The van der Waals surface area contributed by atoms with Crippen molar-refractivity contribution in [2.24, 2.45) is 0 Å². The number of amides is 1. The third kappa shape index (κ3) is 4.45. The SMILES string of the molecule is Cc1nnc(-c2c(Cl)c3cc(F)ccc3n2-c2ccc(CNC(=O)OC(C)(C)C)cc2)o1. The number of fused-ring (bicyclic) bond motifs is 1. The van der Waals surface area contributed by atoms with Crippen LogP contribution in [0.1, 0.15) is 32.2 Å². The lowest BCUT2D eigenvalue weighted by Crippen LogP contribution is -2.32. The van der Waals surface area contributed by atoms with Gasteiger partial charge in [-0.3, -0.25) is 0 Å². The van der Waals surface area contributed by atoms with Crippen LogP contribution in [0.4, 0.5) is 9.18 Å². The van der Waals surface area contributed by atoms with Crippen LogP contribution in [-0.2, 0) is 11.3 Å². The second-order valence-corrected chi connectivity index (χ2v) is 8.69. The number of alkyl carbamates (subject to hydrolysis) is 1. The van der Waals surface area contributed by atoms with Crippen LogP contribution < -0.4 is 5.32 Å². The first-order chi connectivity index (χ1) is 15.1. The van der Waals surface area contributed by atoms with Gasteiger partial charge in [-0.25, -0.2) is 9.18 Å². The molecule has 0 aliphatic carbocycles. The van der Waals surface area contributed by atoms with Gasteiger partial charge in [-0.2, -0.15) is 0 Å². The number of nitrogens with zero attached hydrogens (tertiary/aromatic N) is 3. The van der Waals surface area contributed by atoms with Crippen molar-refractivity contribution < 1.29 is 18.3 Å². The van der Waals surface area contributed by atoms with Gasteiger partial charge in [0.2, 0.25) is 5.89 Å². The summed E-state index contributed by atoms with van der Waals surface area (Å²) in [4.78, 5) is 11.9. The molecule has 9 heteroatoms. The van der Waals surface area contributed by atoms with E-state index in [9.17, 15) is 9.18 Å². The lowest BCUT2D eigenvalue weighted by Gasteiger charge is -2.19. The highest BCUT2D eigenvalue weighted by Crippen LogP contribution is 2.39. The maximum Gasteiger partial charge on any atom is 0.407 e. The zero-order chi connectivity index (χ0) is 23.0. The summed E-state index contributed by atoms with van der Waals surface area (Å²) in [5.41, 5.74) is 2.25. The molecule has 1 amide bonds. The molecule has 0 spiro atoms. The Bertz CT molecular complexity index is 1290. The molecule has 4 aromatic rings. The van der Waals surface area contributed by atoms with E-state index in [0.29, 0.717) is 34.1 Å².